The molecule has 2 aromatic rings. The van der Waals surface area contributed by atoms with E-state index in [4.69, 9.17) is 5.73 Å². The van der Waals surface area contributed by atoms with Crippen molar-refractivity contribution in [3.05, 3.63) is 70.8 Å². The highest BCUT2D eigenvalue weighted by molar-refractivity contribution is 5.97. The number of benzene rings is 2. The van der Waals surface area contributed by atoms with E-state index in [1.54, 1.807) is 0 Å². The Labute approximate surface area is 132 Å². The van der Waals surface area contributed by atoms with Gasteiger partial charge in [-0.2, -0.15) is 0 Å². The maximum Gasteiger partial charge on any atom is 0.252 e. The molecule has 0 unspecified atom stereocenters. The quantitative estimate of drug-likeness (QED) is 0.886. The molecule has 0 heterocycles. The summed E-state index contributed by atoms with van der Waals surface area (Å²) in [6, 6.07) is 8.85. The van der Waals surface area contributed by atoms with Crippen LogP contribution in [0.4, 0.5) is 8.78 Å². The van der Waals surface area contributed by atoms with Crippen LogP contribution in [-0.2, 0) is 11.2 Å². The Morgan fingerprint density at radius 2 is 1.65 bits per heavy atom. The lowest BCUT2D eigenvalue weighted by Crippen LogP contribution is -2.45. The van der Waals surface area contributed by atoms with Gasteiger partial charge in [0.05, 0.1) is 0 Å². The van der Waals surface area contributed by atoms with Crippen LogP contribution >= 0.6 is 0 Å². The second-order valence-electron chi connectivity index (χ2n) is 5.28. The van der Waals surface area contributed by atoms with E-state index in [9.17, 15) is 18.4 Å². The molecule has 2 amide bonds. The molecule has 0 radical (unpaired) electrons. The van der Waals surface area contributed by atoms with Crippen molar-refractivity contribution < 1.29 is 18.4 Å². The molecule has 120 valence electrons. The molecule has 0 bridgehead atoms. The van der Waals surface area contributed by atoms with Crippen molar-refractivity contribution in [1.29, 1.82) is 0 Å². The van der Waals surface area contributed by atoms with Crippen LogP contribution in [0.25, 0.3) is 0 Å². The number of amides is 2. The summed E-state index contributed by atoms with van der Waals surface area (Å²) in [5.41, 5.74) is 6.96. The Kier molecular flexibility index (Phi) is 5.05. The van der Waals surface area contributed by atoms with Crippen molar-refractivity contribution in [2.24, 2.45) is 5.73 Å². The molecule has 3 N–H and O–H groups in total. The van der Waals surface area contributed by atoms with E-state index in [0.29, 0.717) is 6.07 Å². The van der Waals surface area contributed by atoms with E-state index < -0.39 is 29.5 Å². The molecule has 6 heteroatoms. The summed E-state index contributed by atoms with van der Waals surface area (Å²) in [4.78, 5) is 23.6. The number of rotatable bonds is 5. The Balaban J connectivity index is 2.14. The summed E-state index contributed by atoms with van der Waals surface area (Å²) in [5.74, 6) is -3.23. The molecule has 1 atom stereocenters. The Bertz CT molecular complexity index is 710. The highest BCUT2D eigenvalue weighted by Crippen LogP contribution is 2.10. The Morgan fingerprint density at radius 1 is 1.09 bits per heavy atom. The summed E-state index contributed by atoms with van der Waals surface area (Å²) >= 11 is 0. The lowest BCUT2D eigenvalue weighted by molar-refractivity contribution is -0.119. The van der Waals surface area contributed by atoms with Crippen LogP contribution in [0.2, 0.25) is 0 Å². The third-order valence-corrected chi connectivity index (χ3v) is 3.33. The van der Waals surface area contributed by atoms with Gasteiger partial charge in [0.15, 0.2) is 0 Å². The summed E-state index contributed by atoms with van der Waals surface area (Å²) in [5, 5.41) is 2.40. The number of hydrogen-bond donors (Lipinski definition) is 2. The first-order valence-corrected chi connectivity index (χ1v) is 6.97. The van der Waals surface area contributed by atoms with Gasteiger partial charge in [0, 0.05) is 18.1 Å². The van der Waals surface area contributed by atoms with Crippen molar-refractivity contribution in [3.8, 4) is 0 Å². The number of nitrogens with one attached hydrogen (secondary N) is 1. The minimum atomic E-state index is -0.975. The molecule has 0 aromatic heterocycles. The van der Waals surface area contributed by atoms with Crippen LogP contribution in [0.5, 0.6) is 0 Å². The molecule has 0 aliphatic heterocycles. The number of hydrogen-bond acceptors (Lipinski definition) is 2. The molecule has 2 aromatic carbocycles. The van der Waals surface area contributed by atoms with Gasteiger partial charge in [0.1, 0.15) is 17.7 Å². The minimum absolute atomic E-state index is 0.194. The van der Waals surface area contributed by atoms with Crippen molar-refractivity contribution in [2.75, 3.05) is 0 Å². The fourth-order valence-electron chi connectivity index (χ4n) is 2.11. The second-order valence-corrected chi connectivity index (χ2v) is 5.28. The van der Waals surface area contributed by atoms with Crippen molar-refractivity contribution in [2.45, 2.75) is 19.4 Å². The maximum absolute atomic E-state index is 13.2. The zero-order chi connectivity index (χ0) is 17.0. The molecule has 0 aliphatic carbocycles. The molecule has 4 nitrogen and oxygen atoms in total. The van der Waals surface area contributed by atoms with Gasteiger partial charge < -0.3 is 11.1 Å². The van der Waals surface area contributed by atoms with Crippen LogP contribution in [0, 0.1) is 18.6 Å². The topological polar surface area (TPSA) is 72.2 Å². The molecule has 0 fully saturated rings. The van der Waals surface area contributed by atoms with Gasteiger partial charge >= 0.3 is 0 Å². The van der Waals surface area contributed by atoms with Crippen molar-refractivity contribution in [1.82, 2.24) is 5.32 Å². The third-order valence-electron chi connectivity index (χ3n) is 3.33. The minimum Gasteiger partial charge on any atom is -0.368 e. The molecular weight excluding hydrogens is 302 g/mol. The van der Waals surface area contributed by atoms with Gasteiger partial charge in [-0.1, -0.05) is 29.8 Å². The fraction of sp³-hybridized carbons (Fsp3) is 0.176. The number of primary amides is 1. The van der Waals surface area contributed by atoms with Crippen LogP contribution in [0.15, 0.2) is 42.5 Å². The number of carbonyl (C=O) groups excluding carboxylic acids is 2. The van der Waals surface area contributed by atoms with E-state index in [2.05, 4.69) is 5.32 Å². The predicted molar refractivity (Wildman–Crippen MR) is 81.7 cm³/mol. The van der Waals surface area contributed by atoms with Gasteiger partial charge in [-0.3, -0.25) is 9.59 Å². The number of nitrogens with two attached hydrogens (primary N) is 1. The fourth-order valence-corrected chi connectivity index (χ4v) is 2.11. The van der Waals surface area contributed by atoms with E-state index in [1.165, 1.54) is 0 Å². The molecule has 0 aliphatic rings. The Morgan fingerprint density at radius 3 is 2.17 bits per heavy atom. The summed E-state index contributed by atoms with van der Waals surface area (Å²) < 4.78 is 26.3. The normalized spacial score (nSPS) is 11.8. The third kappa shape index (κ3) is 4.60. The second kappa shape index (κ2) is 7.00. The lowest BCUT2D eigenvalue weighted by atomic mass is 10.0. The molecule has 23 heavy (non-hydrogen) atoms. The number of carbonyl (C=O) groups is 2. The van der Waals surface area contributed by atoms with E-state index in [-0.39, 0.29) is 12.0 Å². The van der Waals surface area contributed by atoms with Gasteiger partial charge in [-0.05, 0) is 24.6 Å². The molecular formula is C17H16F2N2O2. The zero-order valence-electron chi connectivity index (χ0n) is 12.5. The van der Waals surface area contributed by atoms with Crippen molar-refractivity contribution >= 4 is 11.8 Å². The van der Waals surface area contributed by atoms with Crippen LogP contribution < -0.4 is 11.1 Å². The van der Waals surface area contributed by atoms with Gasteiger partial charge in [0.25, 0.3) is 5.91 Å². The molecule has 2 rings (SSSR count). The summed E-state index contributed by atoms with van der Waals surface area (Å²) in [7, 11) is 0. The monoisotopic (exact) mass is 318 g/mol. The molecule has 0 spiro atoms. The van der Waals surface area contributed by atoms with Gasteiger partial charge in [0.2, 0.25) is 5.91 Å². The average Bonchev–Trinajstić information content (AvgIpc) is 2.47. The molecule has 0 saturated heterocycles. The van der Waals surface area contributed by atoms with E-state index in [1.807, 2.05) is 31.2 Å². The maximum atomic E-state index is 13.2. The van der Waals surface area contributed by atoms with Crippen LogP contribution in [0.1, 0.15) is 21.5 Å². The van der Waals surface area contributed by atoms with Crippen LogP contribution in [0.3, 0.4) is 0 Å². The highest BCUT2D eigenvalue weighted by Gasteiger charge is 2.20. The van der Waals surface area contributed by atoms with Crippen LogP contribution in [-0.4, -0.2) is 17.9 Å². The zero-order valence-corrected chi connectivity index (χ0v) is 12.5. The standard InChI is InChI=1S/C17H16F2N2O2/c1-10-2-4-11(5-3-10)6-15(16(20)22)21-17(23)12-7-13(18)9-14(19)8-12/h2-5,7-9,15H,6H2,1H3,(H2,20,22)(H,21,23)/t15-/m1/s1. The smallest absolute Gasteiger partial charge is 0.252 e. The first kappa shape index (κ1) is 16.6. The van der Waals surface area contributed by atoms with Gasteiger partial charge in [-0.25, -0.2) is 8.78 Å². The summed E-state index contributed by atoms with van der Waals surface area (Å²) in [6.45, 7) is 1.93. The van der Waals surface area contributed by atoms with Gasteiger partial charge in [-0.15, -0.1) is 0 Å². The Hall–Kier alpha value is -2.76. The average molecular weight is 318 g/mol. The van der Waals surface area contributed by atoms with Crippen molar-refractivity contribution in [3.63, 3.8) is 0 Å². The first-order chi connectivity index (χ1) is 10.8. The SMILES string of the molecule is Cc1ccc(C[C@@H](NC(=O)c2cc(F)cc(F)c2)C(N)=O)cc1. The number of halogens is 2. The largest absolute Gasteiger partial charge is 0.368 e. The number of aryl methyl sites for hydroxylation is 1. The van der Waals surface area contributed by atoms with E-state index >= 15 is 0 Å². The summed E-state index contributed by atoms with van der Waals surface area (Å²) in [6.07, 6.45) is 0.194. The van der Waals surface area contributed by atoms with E-state index in [0.717, 1.165) is 23.3 Å². The predicted octanol–water partition coefficient (Wildman–Crippen LogP) is 2.10. The molecule has 0 saturated carbocycles. The first-order valence-electron chi connectivity index (χ1n) is 6.97. The highest BCUT2D eigenvalue weighted by atomic mass is 19.1. The lowest BCUT2D eigenvalue weighted by Gasteiger charge is -2.16.